The van der Waals surface area contributed by atoms with Crippen molar-refractivity contribution in [2.75, 3.05) is 5.32 Å². The SMILES string of the molecule is Cc1cccc(NC(=O)c2ccccc2SCc2cccs2)n1. The molecule has 3 rings (SSSR count). The lowest BCUT2D eigenvalue weighted by Crippen LogP contribution is -2.14. The highest BCUT2D eigenvalue weighted by atomic mass is 32.2. The number of aryl methyl sites for hydroxylation is 1. The van der Waals surface area contributed by atoms with E-state index >= 15 is 0 Å². The van der Waals surface area contributed by atoms with Crippen LogP contribution < -0.4 is 5.32 Å². The van der Waals surface area contributed by atoms with Gasteiger partial charge < -0.3 is 5.32 Å². The van der Waals surface area contributed by atoms with Crippen molar-refractivity contribution in [3.8, 4) is 0 Å². The number of thiophene rings is 1. The summed E-state index contributed by atoms with van der Waals surface area (Å²) in [5.74, 6) is 1.32. The summed E-state index contributed by atoms with van der Waals surface area (Å²) >= 11 is 3.41. The summed E-state index contributed by atoms with van der Waals surface area (Å²) in [6.45, 7) is 1.90. The van der Waals surface area contributed by atoms with Crippen LogP contribution in [0, 0.1) is 6.92 Å². The molecule has 0 saturated heterocycles. The van der Waals surface area contributed by atoms with Gasteiger partial charge in [0.15, 0.2) is 0 Å². The van der Waals surface area contributed by atoms with Crippen LogP contribution in [0.15, 0.2) is 64.9 Å². The fraction of sp³-hybridized carbons (Fsp3) is 0.111. The topological polar surface area (TPSA) is 42.0 Å². The summed E-state index contributed by atoms with van der Waals surface area (Å²) in [4.78, 5) is 19.1. The van der Waals surface area contributed by atoms with Crippen LogP contribution in [0.2, 0.25) is 0 Å². The highest BCUT2D eigenvalue weighted by Crippen LogP contribution is 2.28. The van der Waals surface area contributed by atoms with Crippen LogP contribution in [-0.2, 0) is 5.75 Å². The number of nitrogens with zero attached hydrogens (tertiary/aromatic N) is 1. The first-order chi connectivity index (χ1) is 11.2. The maximum atomic E-state index is 12.5. The van der Waals surface area contributed by atoms with E-state index in [1.807, 2.05) is 49.4 Å². The molecule has 0 unspecified atom stereocenters. The zero-order valence-corrected chi connectivity index (χ0v) is 14.3. The maximum absolute atomic E-state index is 12.5. The molecule has 0 aliphatic rings. The number of anilines is 1. The van der Waals surface area contributed by atoms with Crippen molar-refractivity contribution in [2.45, 2.75) is 17.6 Å². The molecule has 3 aromatic rings. The Labute approximate surface area is 143 Å². The van der Waals surface area contributed by atoms with Gasteiger partial charge in [0.2, 0.25) is 0 Å². The van der Waals surface area contributed by atoms with E-state index in [0.717, 1.165) is 16.3 Å². The molecule has 116 valence electrons. The largest absolute Gasteiger partial charge is 0.307 e. The summed E-state index contributed by atoms with van der Waals surface area (Å²) in [6.07, 6.45) is 0. The monoisotopic (exact) mass is 340 g/mol. The first-order valence-corrected chi connectivity index (χ1v) is 9.08. The third-order valence-corrected chi connectivity index (χ3v) is 5.39. The lowest BCUT2D eigenvalue weighted by molar-refractivity contribution is 0.102. The molecule has 2 heterocycles. The van der Waals surface area contributed by atoms with Crippen LogP contribution in [0.5, 0.6) is 0 Å². The van der Waals surface area contributed by atoms with E-state index in [9.17, 15) is 4.79 Å². The van der Waals surface area contributed by atoms with Gasteiger partial charge in [-0.25, -0.2) is 4.98 Å². The van der Waals surface area contributed by atoms with Crippen molar-refractivity contribution in [3.63, 3.8) is 0 Å². The Hall–Kier alpha value is -2.11. The van der Waals surface area contributed by atoms with Crippen LogP contribution in [0.25, 0.3) is 0 Å². The number of aromatic nitrogens is 1. The zero-order chi connectivity index (χ0) is 16.1. The van der Waals surface area contributed by atoms with Crippen LogP contribution in [-0.4, -0.2) is 10.9 Å². The van der Waals surface area contributed by atoms with Crippen molar-refractivity contribution in [2.24, 2.45) is 0 Å². The fourth-order valence-corrected chi connectivity index (χ4v) is 3.94. The van der Waals surface area contributed by atoms with E-state index in [-0.39, 0.29) is 5.91 Å². The normalized spacial score (nSPS) is 10.5. The number of nitrogens with one attached hydrogen (secondary N) is 1. The molecule has 0 spiro atoms. The highest BCUT2D eigenvalue weighted by Gasteiger charge is 2.12. The summed E-state index contributed by atoms with van der Waals surface area (Å²) in [5, 5.41) is 4.94. The van der Waals surface area contributed by atoms with Crippen LogP contribution in [0.3, 0.4) is 0 Å². The smallest absolute Gasteiger partial charge is 0.257 e. The first kappa shape index (κ1) is 15.8. The molecule has 2 aromatic heterocycles. The third kappa shape index (κ3) is 4.21. The minimum absolute atomic E-state index is 0.127. The second-order valence-corrected chi connectivity index (χ2v) is 7.03. The van der Waals surface area contributed by atoms with E-state index < -0.39 is 0 Å². The van der Waals surface area contributed by atoms with Gasteiger partial charge in [0.05, 0.1) is 5.56 Å². The van der Waals surface area contributed by atoms with Crippen molar-refractivity contribution >= 4 is 34.8 Å². The Bertz CT molecular complexity index is 800. The summed E-state index contributed by atoms with van der Waals surface area (Å²) in [7, 11) is 0. The van der Waals surface area contributed by atoms with Crippen LogP contribution in [0.4, 0.5) is 5.82 Å². The zero-order valence-electron chi connectivity index (χ0n) is 12.7. The Morgan fingerprint density at radius 3 is 2.78 bits per heavy atom. The standard InChI is InChI=1S/C18H16N2OS2/c1-13-6-4-10-17(19-13)20-18(21)15-8-2-3-9-16(15)23-12-14-7-5-11-22-14/h2-11H,12H2,1H3,(H,19,20,21). The van der Waals surface area contributed by atoms with Gasteiger partial charge in [-0.05, 0) is 42.6 Å². The predicted molar refractivity (Wildman–Crippen MR) is 97.2 cm³/mol. The van der Waals surface area contributed by atoms with Gasteiger partial charge in [0.1, 0.15) is 5.82 Å². The number of hydrogen-bond acceptors (Lipinski definition) is 4. The number of amides is 1. The van der Waals surface area contributed by atoms with Crippen molar-refractivity contribution in [1.82, 2.24) is 4.98 Å². The Morgan fingerprint density at radius 2 is 2.00 bits per heavy atom. The number of thioether (sulfide) groups is 1. The molecule has 0 aliphatic carbocycles. The van der Waals surface area contributed by atoms with E-state index in [2.05, 4.69) is 21.7 Å². The van der Waals surface area contributed by atoms with Gasteiger partial charge >= 0.3 is 0 Å². The predicted octanol–water partition coefficient (Wildman–Crippen LogP) is 5.00. The van der Waals surface area contributed by atoms with Crippen molar-refractivity contribution in [1.29, 1.82) is 0 Å². The molecule has 0 radical (unpaired) electrons. The van der Waals surface area contributed by atoms with E-state index in [0.29, 0.717) is 11.4 Å². The summed E-state index contributed by atoms with van der Waals surface area (Å²) < 4.78 is 0. The molecular formula is C18H16N2OS2. The average molecular weight is 340 g/mol. The molecule has 3 nitrogen and oxygen atoms in total. The molecule has 1 amide bonds. The van der Waals surface area contributed by atoms with Gasteiger partial charge in [-0.15, -0.1) is 23.1 Å². The summed E-state index contributed by atoms with van der Waals surface area (Å²) in [6, 6.07) is 17.4. The van der Waals surface area contributed by atoms with Crippen LogP contribution >= 0.6 is 23.1 Å². The molecule has 23 heavy (non-hydrogen) atoms. The minimum Gasteiger partial charge on any atom is -0.307 e. The number of hydrogen-bond donors (Lipinski definition) is 1. The third-order valence-electron chi connectivity index (χ3n) is 3.21. The second kappa shape index (κ2) is 7.44. The Morgan fingerprint density at radius 1 is 1.13 bits per heavy atom. The van der Waals surface area contributed by atoms with Gasteiger partial charge in [-0.2, -0.15) is 0 Å². The van der Waals surface area contributed by atoms with Crippen molar-refractivity contribution in [3.05, 3.63) is 76.1 Å². The lowest BCUT2D eigenvalue weighted by Gasteiger charge is -2.09. The second-order valence-electron chi connectivity index (χ2n) is 4.98. The maximum Gasteiger partial charge on any atom is 0.257 e. The average Bonchev–Trinajstić information content (AvgIpc) is 3.06. The molecule has 0 aliphatic heterocycles. The lowest BCUT2D eigenvalue weighted by atomic mass is 10.2. The minimum atomic E-state index is -0.127. The highest BCUT2D eigenvalue weighted by molar-refractivity contribution is 7.98. The van der Waals surface area contributed by atoms with Crippen LogP contribution in [0.1, 0.15) is 20.9 Å². The molecule has 0 bridgehead atoms. The molecule has 0 atom stereocenters. The fourth-order valence-electron chi connectivity index (χ4n) is 2.12. The molecule has 0 saturated carbocycles. The van der Waals surface area contributed by atoms with Gasteiger partial charge in [0, 0.05) is 21.2 Å². The molecule has 1 aromatic carbocycles. The number of carbonyl (C=O) groups excluding carboxylic acids is 1. The molecule has 1 N–H and O–H groups in total. The molecule has 5 heteroatoms. The van der Waals surface area contributed by atoms with E-state index in [4.69, 9.17) is 0 Å². The van der Waals surface area contributed by atoms with Crippen molar-refractivity contribution < 1.29 is 4.79 Å². The van der Waals surface area contributed by atoms with Gasteiger partial charge in [-0.1, -0.05) is 24.3 Å². The number of benzene rings is 1. The Balaban J connectivity index is 1.75. The number of rotatable bonds is 5. The molecular weight excluding hydrogens is 324 g/mol. The Kier molecular flexibility index (Phi) is 5.10. The van der Waals surface area contributed by atoms with Gasteiger partial charge in [-0.3, -0.25) is 4.79 Å². The quantitative estimate of drug-likeness (QED) is 0.665. The molecule has 0 fully saturated rings. The van der Waals surface area contributed by atoms with E-state index in [1.165, 1.54) is 4.88 Å². The van der Waals surface area contributed by atoms with E-state index in [1.54, 1.807) is 29.2 Å². The van der Waals surface area contributed by atoms with Gasteiger partial charge in [0.25, 0.3) is 5.91 Å². The first-order valence-electron chi connectivity index (χ1n) is 7.21. The summed E-state index contributed by atoms with van der Waals surface area (Å²) in [5.41, 5.74) is 1.56. The number of pyridine rings is 1. The number of carbonyl (C=O) groups is 1.